The number of fused-ring (bicyclic) bond motifs is 1. The number of rotatable bonds is 5. The highest BCUT2D eigenvalue weighted by Gasteiger charge is 2.13. The molecule has 0 fully saturated rings. The highest BCUT2D eigenvalue weighted by atomic mass is 32.1. The van der Waals surface area contributed by atoms with Crippen LogP contribution in [0.25, 0.3) is 20.8 Å². The Bertz CT molecular complexity index is 931. The summed E-state index contributed by atoms with van der Waals surface area (Å²) in [6.07, 6.45) is 0.738. The molecule has 0 amide bonds. The normalized spacial score (nSPS) is 11.0. The van der Waals surface area contributed by atoms with E-state index in [1.54, 1.807) is 18.2 Å². The molecule has 3 rings (SSSR count). The SMILES string of the molecule is O=C(O)CCCc1cc2nc(-c3cccc(F)c3)sc2c(=O)o1. The van der Waals surface area contributed by atoms with Gasteiger partial charge in [0, 0.05) is 24.5 Å². The molecule has 2 aromatic heterocycles. The second-order valence-corrected chi connectivity index (χ2v) is 5.99. The van der Waals surface area contributed by atoms with Gasteiger partial charge in [-0.25, -0.2) is 14.2 Å². The van der Waals surface area contributed by atoms with E-state index < -0.39 is 11.6 Å². The molecule has 0 unspecified atom stereocenters. The lowest BCUT2D eigenvalue weighted by atomic mass is 10.2. The van der Waals surface area contributed by atoms with Crippen LogP contribution in [0.1, 0.15) is 18.6 Å². The van der Waals surface area contributed by atoms with E-state index in [-0.39, 0.29) is 12.2 Å². The number of thiazole rings is 1. The van der Waals surface area contributed by atoms with E-state index >= 15 is 0 Å². The summed E-state index contributed by atoms with van der Waals surface area (Å²) in [7, 11) is 0. The molecule has 0 saturated carbocycles. The fourth-order valence-electron chi connectivity index (χ4n) is 2.21. The van der Waals surface area contributed by atoms with Crippen LogP contribution in [0.5, 0.6) is 0 Å². The van der Waals surface area contributed by atoms with Crippen molar-refractivity contribution in [3.8, 4) is 10.6 Å². The fraction of sp³-hybridized carbons (Fsp3) is 0.188. The van der Waals surface area contributed by atoms with E-state index in [1.165, 1.54) is 12.1 Å². The Morgan fingerprint density at radius 1 is 1.35 bits per heavy atom. The molecule has 1 aromatic carbocycles. The smallest absolute Gasteiger partial charge is 0.355 e. The molecular formula is C16H12FNO4S. The third-order valence-electron chi connectivity index (χ3n) is 3.25. The topological polar surface area (TPSA) is 80.4 Å². The van der Waals surface area contributed by atoms with Crippen molar-refractivity contribution in [2.75, 3.05) is 0 Å². The quantitative estimate of drug-likeness (QED) is 0.773. The summed E-state index contributed by atoms with van der Waals surface area (Å²) in [5, 5.41) is 9.17. The lowest BCUT2D eigenvalue weighted by Crippen LogP contribution is -2.01. The molecule has 0 aliphatic heterocycles. The number of carboxylic acids is 1. The van der Waals surface area contributed by atoms with Crippen molar-refractivity contribution in [1.82, 2.24) is 4.98 Å². The van der Waals surface area contributed by atoms with Gasteiger partial charge in [-0.15, -0.1) is 11.3 Å². The van der Waals surface area contributed by atoms with Gasteiger partial charge in [0.15, 0.2) is 0 Å². The first-order valence-corrected chi connectivity index (χ1v) is 7.76. The number of carboxylic acid groups (broad SMARTS) is 1. The van der Waals surface area contributed by atoms with E-state index in [0.717, 1.165) is 11.3 Å². The number of hydrogen-bond acceptors (Lipinski definition) is 5. The van der Waals surface area contributed by atoms with Gasteiger partial charge in [0.25, 0.3) is 0 Å². The van der Waals surface area contributed by atoms with Crippen LogP contribution in [0.4, 0.5) is 4.39 Å². The van der Waals surface area contributed by atoms with E-state index in [2.05, 4.69) is 4.98 Å². The van der Waals surface area contributed by atoms with Crippen molar-refractivity contribution < 1.29 is 18.7 Å². The molecule has 7 heteroatoms. The maximum Gasteiger partial charge on any atom is 0.355 e. The predicted molar refractivity (Wildman–Crippen MR) is 84.1 cm³/mol. The van der Waals surface area contributed by atoms with Gasteiger partial charge in [-0.05, 0) is 18.6 Å². The number of aryl methyl sites for hydroxylation is 1. The molecule has 23 heavy (non-hydrogen) atoms. The average molecular weight is 333 g/mol. The Morgan fingerprint density at radius 2 is 2.17 bits per heavy atom. The lowest BCUT2D eigenvalue weighted by Gasteiger charge is -1.97. The van der Waals surface area contributed by atoms with Crippen molar-refractivity contribution in [2.45, 2.75) is 19.3 Å². The molecular weight excluding hydrogens is 321 g/mol. The zero-order valence-corrected chi connectivity index (χ0v) is 12.7. The molecule has 0 atom stereocenters. The predicted octanol–water partition coefficient (Wildman–Crippen LogP) is 3.46. The minimum absolute atomic E-state index is 0.00730. The van der Waals surface area contributed by atoms with Gasteiger partial charge in [-0.2, -0.15) is 0 Å². The van der Waals surface area contributed by atoms with Crippen LogP contribution in [0.3, 0.4) is 0 Å². The van der Waals surface area contributed by atoms with Crippen molar-refractivity contribution >= 4 is 27.5 Å². The summed E-state index contributed by atoms with van der Waals surface area (Å²) < 4.78 is 18.9. The second kappa shape index (κ2) is 6.29. The van der Waals surface area contributed by atoms with Gasteiger partial charge in [-0.1, -0.05) is 12.1 Å². The van der Waals surface area contributed by atoms with Crippen LogP contribution in [0.15, 0.2) is 39.5 Å². The first kappa shape index (κ1) is 15.4. The highest BCUT2D eigenvalue weighted by molar-refractivity contribution is 7.21. The Kier molecular flexibility index (Phi) is 4.20. The molecule has 3 aromatic rings. The van der Waals surface area contributed by atoms with Crippen LogP contribution >= 0.6 is 11.3 Å². The molecule has 5 nitrogen and oxygen atoms in total. The minimum Gasteiger partial charge on any atom is -0.481 e. The molecule has 0 spiro atoms. The maximum atomic E-state index is 13.3. The second-order valence-electron chi connectivity index (χ2n) is 4.99. The van der Waals surface area contributed by atoms with Crippen molar-refractivity contribution in [3.63, 3.8) is 0 Å². The Hall–Kier alpha value is -2.54. The summed E-state index contributed by atoms with van der Waals surface area (Å²) in [6.45, 7) is 0. The van der Waals surface area contributed by atoms with E-state index in [4.69, 9.17) is 9.52 Å². The minimum atomic E-state index is -0.893. The van der Waals surface area contributed by atoms with Crippen molar-refractivity contribution in [3.05, 3.63) is 52.3 Å². The van der Waals surface area contributed by atoms with Crippen LogP contribution in [0.2, 0.25) is 0 Å². The number of carbonyl (C=O) groups is 1. The highest BCUT2D eigenvalue weighted by Crippen LogP contribution is 2.29. The number of aliphatic carboxylic acids is 1. The molecule has 0 saturated heterocycles. The van der Waals surface area contributed by atoms with E-state index in [1.807, 2.05) is 0 Å². The molecule has 0 radical (unpaired) electrons. The summed E-state index contributed by atoms with van der Waals surface area (Å²) in [4.78, 5) is 26.9. The number of nitrogens with zero attached hydrogens (tertiary/aromatic N) is 1. The Morgan fingerprint density at radius 3 is 2.91 bits per heavy atom. The Labute approximate surface area is 134 Å². The lowest BCUT2D eigenvalue weighted by molar-refractivity contribution is -0.137. The third-order valence-corrected chi connectivity index (χ3v) is 4.35. The van der Waals surface area contributed by atoms with Gasteiger partial charge < -0.3 is 9.52 Å². The summed E-state index contributed by atoms with van der Waals surface area (Å²) in [5.74, 6) is -0.863. The largest absolute Gasteiger partial charge is 0.481 e. The van der Waals surface area contributed by atoms with Crippen LogP contribution < -0.4 is 5.63 Å². The van der Waals surface area contributed by atoms with Gasteiger partial charge in [0.1, 0.15) is 21.3 Å². The molecule has 1 N–H and O–H groups in total. The Balaban J connectivity index is 1.94. The summed E-state index contributed by atoms with van der Waals surface area (Å²) in [5.41, 5.74) is 0.571. The standard InChI is InChI=1S/C16H12FNO4S/c17-10-4-1-3-9(7-10)15-18-12-8-11(5-2-6-13(19)20)22-16(21)14(12)23-15/h1,3-4,7-8H,2,5-6H2,(H,19,20). The molecule has 2 heterocycles. The first-order chi connectivity index (χ1) is 11.0. The van der Waals surface area contributed by atoms with E-state index in [9.17, 15) is 14.0 Å². The zero-order valence-electron chi connectivity index (χ0n) is 11.9. The van der Waals surface area contributed by atoms with Gasteiger partial charge in [0.05, 0.1) is 5.52 Å². The molecule has 0 bridgehead atoms. The van der Waals surface area contributed by atoms with Crippen LogP contribution in [0, 0.1) is 5.82 Å². The monoisotopic (exact) mass is 333 g/mol. The third kappa shape index (κ3) is 3.45. The van der Waals surface area contributed by atoms with Crippen molar-refractivity contribution in [1.29, 1.82) is 0 Å². The average Bonchev–Trinajstić information content (AvgIpc) is 2.91. The number of aromatic nitrogens is 1. The zero-order chi connectivity index (χ0) is 16.4. The molecule has 0 aliphatic rings. The van der Waals surface area contributed by atoms with Gasteiger partial charge in [0.2, 0.25) is 0 Å². The first-order valence-electron chi connectivity index (χ1n) is 6.94. The number of halogens is 1. The van der Waals surface area contributed by atoms with Crippen LogP contribution in [-0.2, 0) is 11.2 Å². The summed E-state index contributed by atoms with van der Waals surface area (Å²) >= 11 is 1.14. The van der Waals surface area contributed by atoms with Gasteiger partial charge in [-0.3, -0.25) is 4.79 Å². The van der Waals surface area contributed by atoms with Crippen molar-refractivity contribution in [2.24, 2.45) is 0 Å². The summed E-state index contributed by atoms with van der Waals surface area (Å²) in [6, 6.07) is 7.63. The molecule has 0 aliphatic carbocycles. The number of hydrogen-bond donors (Lipinski definition) is 1. The molecule has 118 valence electrons. The van der Waals surface area contributed by atoms with Crippen LogP contribution in [-0.4, -0.2) is 16.1 Å². The number of benzene rings is 1. The fourth-order valence-corrected chi connectivity index (χ4v) is 3.12. The van der Waals surface area contributed by atoms with Gasteiger partial charge >= 0.3 is 11.6 Å². The maximum absolute atomic E-state index is 13.3. The van der Waals surface area contributed by atoms with E-state index in [0.29, 0.717) is 39.4 Å².